The molecule has 0 spiro atoms. The van der Waals surface area contributed by atoms with Gasteiger partial charge in [0.2, 0.25) is 0 Å². The van der Waals surface area contributed by atoms with Crippen molar-refractivity contribution in [1.82, 2.24) is 0 Å². The molecule has 0 atom stereocenters. The average molecular weight is 197 g/mol. The number of aldehydes is 1. The molecular weight excluding hydrogens is 188 g/mol. The Hall–Kier alpha value is -1.15. The maximum absolute atomic E-state index is 11.3. The number of hydrogen-bond acceptors (Lipinski definition) is 2. The molecule has 0 aliphatic rings. The van der Waals surface area contributed by atoms with E-state index in [9.17, 15) is 9.59 Å². The summed E-state index contributed by atoms with van der Waals surface area (Å²) in [4.78, 5) is 21.9. The minimum Gasteiger partial charge on any atom is -0.298 e. The number of rotatable bonds is 3. The Labute approximate surface area is 81.5 Å². The summed E-state index contributed by atoms with van der Waals surface area (Å²) in [7, 11) is 0. The van der Waals surface area contributed by atoms with E-state index < -0.39 is 0 Å². The van der Waals surface area contributed by atoms with Crippen molar-refractivity contribution in [2.24, 2.45) is 0 Å². The summed E-state index contributed by atoms with van der Waals surface area (Å²) in [6.45, 7) is 1.76. The minimum atomic E-state index is -0.0428. The van der Waals surface area contributed by atoms with Crippen molar-refractivity contribution >= 4 is 23.7 Å². The van der Waals surface area contributed by atoms with Gasteiger partial charge in [-0.1, -0.05) is 18.5 Å². The maximum Gasteiger partial charge on any atom is 0.163 e. The molecule has 68 valence electrons. The molecule has 1 rings (SSSR count). The summed E-state index contributed by atoms with van der Waals surface area (Å²) in [5.74, 6) is -0.0428. The number of benzene rings is 1. The smallest absolute Gasteiger partial charge is 0.163 e. The Bertz CT molecular complexity index is 345. The van der Waals surface area contributed by atoms with E-state index in [1.54, 1.807) is 19.1 Å². The van der Waals surface area contributed by atoms with Crippen molar-refractivity contribution in [3.8, 4) is 0 Å². The van der Waals surface area contributed by atoms with Crippen LogP contribution in [0.15, 0.2) is 18.2 Å². The molecule has 2 nitrogen and oxygen atoms in total. The van der Waals surface area contributed by atoms with Gasteiger partial charge in [-0.25, -0.2) is 0 Å². The summed E-state index contributed by atoms with van der Waals surface area (Å²) in [5, 5.41) is 0.467. The van der Waals surface area contributed by atoms with Crippen LogP contribution in [-0.2, 0) is 0 Å². The molecule has 13 heavy (non-hydrogen) atoms. The molecule has 0 fully saturated rings. The van der Waals surface area contributed by atoms with Crippen LogP contribution in [0.2, 0.25) is 5.02 Å². The third-order valence-electron chi connectivity index (χ3n) is 1.76. The second-order valence-electron chi connectivity index (χ2n) is 2.63. The van der Waals surface area contributed by atoms with Gasteiger partial charge in [0.05, 0.1) is 0 Å². The third-order valence-corrected chi connectivity index (χ3v) is 2.00. The van der Waals surface area contributed by atoms with Crippen molar-refractivity contribution in [2.75, 3.05) is 0 Å². The van der Waals surface area contributed by atoms with Crippen molar-refractivity contribution < 1.29 is 9.59 Å². The van der Waals surface area contributed by atoms with Crippen LogP contribution in [0.4, 0.5) is 0 Å². The van der Waals surface area contributed by atoms with Gasteiger partial charge in [-0.3, -0.25) is 9.59 Å². The number of Topliss-reactive ketones (excluding diaryl/α,β-unsaturated/α-hetero) is 1. The molecule has 0 saturated carbocycles. The summed E-state index contributed by atoms with van der Waals surface area (Å²) in [6, 6.07) is 4.69. The van der Waals surface area contributed by atoms with E-state index in [-0.39, 0.29) is 5.78 Å². The first-order chi connectivity index (χ1) is 6.19. The normalized spacial score (nSPS) is 9.69. The van der Waals surface area contributed by atoms with Crippen LogP contribution >= 0.6 is 11.6 Å². The molecule has 0 heterocycles. The first kappa shape index (κ1) is 9.93. The van der Waals surface area contributed by atoms with Crippen LogP contribution in [0.3, 0.4) is 0 Å². The lowest BCUT2D eigenvalue weighted by molar-refractivity contribution is 0.0981. The Morgan fingerprint density at radius 3 is 2.77 bits per heavy atom. The highest BCUT2D eigenvalue weighted by atomic mass is 35.5. The fourth-order valence-corrected chi connectivity index (χ4v) is 1.26. The molecule has 1 aromatic carbocycles. The number of ketones is 1. The van der Waals surface area contributed by atoms with Gasteiger partial charge in [0.1, 0.15) is 0 Å². The van der Waals surface area contributed by atoms with Gasteiger partial charge in [0, 0.05) is 22.6 Å². The SMILES string of the molecule is CCC(=O)c1ccc(Cl)cc1C=O. The zero-order valence-electron chi connectivity index (χ0n) is 7.21. The highest BCUT2D eigenvalue weighted by Crippen LogP contribution is 2.15. The van der Waals surface area contributed by atoms with Gasteiger partial charge in [0.25, 0.3) is 0 Å². The maximum atomic E-state index is 11.3. The summed E-state index contributed by atoms with van der Waals surface area (Å²) in [6.07, 6.45) is 1.04. The Kier molecular flexibility index (Phi) is 3.20. The van der Waals surface area contributed by atoms with E-state index in [2.05, 4.69) is 0 Å². The largest absolute Gasteiger partial charge is 0.298 e. The second kappa shape index (κ2) is 4.19. The number of halogens is 1. The first-order valence-electron chi connectivity index (χ1n) is 3.97. The molecule has 0 unspecified atom stereocenters. The summed E-state index contributed by atoms with van der Waals surface area (Å²) in [5.41, 5.74) is 0.807. The van der Waals surface area contributed by atoms with Crippen LogP contribution in [0, 0.1) is 0 Å². The molecule has 0 aromatic heterocycles. The third kappa shape index (κ3) is 2.16. The highest BCUT2D eigenvalue weighted by molar-refractivity contribution is 6.31. The lowest BCUT2D eigenvalue weighted by Gasteiger charge is -2.01. The fourth-order valence-electron chi connectivity index (χ4n) is 1.08. The molecule has 0 aliphatic carbocycles. The van der Waals surface area contributed by atoms with Gasteiger partial charge in [-0.05, 0) is 18.2 Å². The average Bonchev–Trinajstić information content (AvgIpc) is 2.16. The van der Waals surface area contributed by atoms with Crippen LogP contribution in [0.5, 0.6) is 0 Å². The van der Waals surface area contributed by atoms with E-state index in [4.69, 9.17) is 11.6 Å². The van der Waals surface area contributed by atoms with Crippen LogP contribution in [0.1, 0.15) is 34.1 Å². The standard InChI is InChI=1S/C10H9ClO2/c1-2-10(13)9-4-3-8(11)5-7(9)6-12/h3-6H,2H2,1H3. The topological polar surface area (TPSA) is 34.1 Å². The summed E-state index contributed by atoms with van der Waals surface area (Å²) < 4.78 is 0. The van der Waals surface area contributed by atoms with Crippen LogP contribution < -0.4 is 0 Å². The molecule has 0 aliphatic heterocycles. The molecule has 3 heteroatoms. The zero-order valence-corrected chi connectivity index (χ0v) is 7.97. The predicted octanol–water partition coefficient (Wildman–Crippen LogP) is 2.75. The molecule has 0 saturated heterocycles. The van der Waals surface area contributed by atoms with Gasteiger partial charge in [-0.15, -0.1) is 0 Å². The van der Waals surface area contributed by atoms with E-state index in [0.717, 1.165) is 0 Å². The van der Waals surface area contributed by atoms with Crippen molar-refractivity contribution in [3.63, 3.8) is 0 Å². The van der Waals surface area contributed by atoms with E-state index >= 15 is 0 Å². The van der Waals surface area contributed by atoms with Crippen molar-refractivity contribution in [1.29, 1.82) is 0 Å². The van der Waals surface area contributed by atoms with Crippen LogP contribution in [-0.4, -0.2) is 12.1 Å². The fraction of sp³-hybridized carbons (Fsp3) is 0.200. The van der Waals surface area contributed by atoms with E-state index in [0.29, 0.717) is 28.9 Å². The van der Waals surface area contributed by atoms with Gasteiger partial charge < -0.3 is 0 Å². The monoisotopic (exact) mass is 196 g/mol. The molecule has 1 aromatic rings. The van der Waals surface area contributed by atoms with Gasteiger partial charge >= 0.3 is 0 Å². The van der Waals surface area contributed by atoms with Crippen LogP contribution in [0.25, 0.3) is 0 Å². The number of carbonyl (C=O) groups excluding carboxylic acids is 2. The van der Waals surface area contributed by atoms with Crippen molar-refractivity contribution in [3.05, 3.63) is 34.3 Å². The first-order valence-corrected chi connectivity index (χ1v) is 4.34. The molecule has 0 bridgehead atoms. The molecule has 0 N–H and O–H groups in total. The van der Waals surface area contributed by atoms with E-state index in [1.165, 1.54) is 6.07 Å². The molecular formula is C10H9ClO2. The molecule has 0 radical (unpaired) electrons. The highest BCUT2D eigenvalue weighted by Gasteiger charge is 2.08. The quantitative estimate of drug-likeness (QED) is 0.550. The van der Waals surface area contributed by atoms with E-state index in [1.807, 2.05) is 0 Å². The number of hydrogen-bond donors (Lipinski definition) is 0. The second-order valence-corrected chi connectivity index (χ2v) is 3.06. The van der Waals surface area contributed by atoms with Gasteiger partial charge in [-0.2, -0.15) is 0 Å². The predicted molar refractivity (Wildman–Crippen MR) is 51.5 cm³/mol. The summed E-state index contributed by atoms with van der Waals surface area (Å²) >= 11 is 5.67. The van der Waals surface area contributed by atoms with Gasteiger partial charge in [0.15, 0.2) is 12.1 Å². The zero-order chi connectivity index (χ0) is 9.84. The Morgan fingerprint density at radius 2 is 2.23 bits per heavy atom. The van der Waals surface area contributed by atoms with Crippen molar-refractivity contribution in [2.45, 2.75) is 13.3 Å². The Morgan fingerprint density at radius 1 is 1.54 bits per heavy atom. The Balaban J connectivity index is 3.20. The lowest BCUT2D eigenvalue weighted by atomic mass is 10.0. The molecule has 0 amide bonds. The minimum absolute atomic E-state index is 0.0428. The number of carbonyl (C=O) groups is 2. The lowest BCUT2D eigenvalue weighted by Crippen LogP contribution is -2.01.